The zero-order chi connectivity index (χ0) is 21.0. The van der Waals surface area contributed by atoms with E-state index in [4.69, 9.17) is 5.26 Å². The van der Waals surface area contributed by atoms with Crippen LogP contribution in [0.5, 0.6) is 0 Å². The van der Waals surface area contributed by atoms with Crippen LogP contribution in [0.15, 0.2) is 30.7 Å². The molecule has 1 saturated carbocycles. The van der Waals surface area contributed by atoms with E-state index in [0.717, 1.165) is 41.8 Å². The van der Waals surface area contributed by atoms with Gasteiger partial charge in [0.05, 0.1) is 17.0 Å². The van der Waals surface area contributed by atoms with Crippen LogP contribution in [0, 0.1) is 28.4 Å². The molecule has 2 aliphatic rings. The molecule has 2 fully saturated rings. The van der Waals surface area contributed by atoms with Crippen molar-refractivity contribution in [3.63, 3.8) is 0 Å². The minimum Gasteiger partial charge on any atom is -0.356 e. The van der Waals surface area contributed by atoms with Crippen molar-refractivity contribution in [2.75, 3.05) is 25.0 Å². The Balaban J connectivity index is 1.25. The number of benzene rings is 1. The molecule has 0 unspecified atom stereocenters. The van der Waals surface area contributed by atoms with E-state index in [2.05, 4.69) is 19.9 Å². The summed E-state index contributed by atoms with van der Waals surface area (Å²) in [6.45, 7) is 0.941. The van der Waals surface area contributed by atoms with Gasteiger partial charge in [-0.1, -0.05) is 0 Å². The van der Waals surface area contributed by atoms with Crippen molar-refractivity contribution >= 4 is 22.8 Å². The Labute approximate surface area is 170 Å². The summed E-state index contributed by atoms with van der Waals surface area (Å²) in [6.07, 6.45) is 5.11. The van der Waals surface area contributed by atoms with Crippen LogP contribution < -0.4 is 4.90 Å². The molecule has 1 aromatic carbocycles. The largest absolute Gasteiger partial charge is 0.356 e. The van der Waals surface area contributed by atoms with E-state index in [0.29, 0.717) is 13.1 Å². The minimum atomic E-state index is -0.997. The molecule has 0 radical (unpaired) electrons. The number of carbonyl (C=O) groups is 1. The zero-order valence-corrected chi connectivity index (χ0v) is 16.2. The number of halogens is 2. The quantitative estimate of drug-likeness (QED) is 0.720. The summed E-state index contributed by atoms with van der Waals surface area (Å²) in [5.74, 6) is -1.80. The highest BCUT2D eigenvalue weighted by atomic mass is 19.1. The number of anilines is 1. The maximum Gasteiger partial charge on any atom is 0.259 e. The second-order valence-electron chi connectivity index (χ2n) is 8.20. The molecule has 7 nitrogen and oxygen atoms in total. The summed E-state index contributed by atoms with van der Waals surface area (Å²) in [7, 11) is 2.00. The first-order valence-corrected chi connectivity index (χ1v) is 9.60. The van der Waals surface area contributed by atoms with Crippen LogP contribution in [0.1, 0.15) is 28.8 Å². The fourth-order valence-electron chi connectivity index (χ4n) is 4.69. The van der Waals surface area contributed by atoms with Crippen LogP contribution >= 0.6 is 0 Å². The summed E-state index contributed by atoms with van der Waals surface area (Å²) >= 11 is 0. The molecule has 1 spiro atoms. The number of amides is 1. The summed E-state index contributed by atoms with van der Waals surface area (Å²) in [4.78, 5) is 27.9. The monoisotopic (exact) mass is 408 g/mol. The number of rotatable bonds is 3. The molecule has 1 aliphatic carbocycles. The predicted octanol–water partition coefficient (Wildman–Crippen LogP) is 2.85. The number of hydrogen-bond donors (Lipinski definition) is 1. The number of fused-ring (bicyclic) bond motifs is 1. The first kappa shape index (κ1) is 18.5. The highest BCUT2D eigenvalue weighted by molar-refractivity contribution is 5.95. The Kier molecular flexibility index (Phi) is 4.00. The number of nitrogens with one attached hydrogen (secondary N) is 1. The van der Waals surface area contributed by atoms with Crippen molar-refractivity contribution in [2.45, 2.75) is 18.9 Å². The van der Waals surface area contributed by atoms with E-state index in [-0.39, 0.29) is 17.0 Å². The fourth-order valence-corrected chi connectivity index (χ4v) is 4.69. The van der Waals surface area contributed by atoms with Gasteiger partial charge in [0.2, 0.25) is 0 Å². The number of hydrogen-bond acceptors (Lipinski definition) is 5. The minimum absolute atomic E-state index is 0.0155. The molecule has 5 rings (SSSR count). The van der Waals surface area contributed by atoms with Crippen molar-refractivity contribution in [2.24, 2.45) is 5.41 Å². The van der Waals surface area contributed by atoms with Gasteiger partial charge in [0.25, 0.3) is 5.91 Å². The van der Waals surface area contributed by atoms with Crippen molar-refractivity contribution in [1.82, 2.24) is 19.9 Å². The van der Waals surface area contributed by atoms with Gasteiger partial charge in [0.15, 0.2) is 0 Å². The van der Waals surface area contributed by atoms with Crippen molar-refractivity contribution in [3.8, 4) is 6.07 Å². The number of nitrogens with zero attached hydrogens (tertiary/aromatic N) is 5. The fraction of sp³-hybridized carbons (Fsp3) is 0.333. The third-order valence-electron chi connectivity index (χ3n) is 6.28. The lowest BCUT2D eigenvalue weighted by Gasteiger charge is -2.60. The van der Waals surface area contributed by atoms with Gasteiger partial charge in [-0.05, 0) is 31.0 Å². The molecule has 1 N–H and O–H groups in total. The second-order valence-corrected chi connectivity index (χ2v) is 8.20. The van der Waals surface area contributed by atoms with Gasteiger partial charge in [-0.2, -0.15) is 5.26 Å². The Morgan fingerprint density at radius 3 is 2.67 bits per heavy atom. The van der Waals surface area contributed by atoms with Crippen LogP contribution in [0.3, 0.4) is 0 Å². The normalized spacial score (nSPS) is 17.5. The van der Waals surface area contributed by atoms with Crippen molar-refractivity contribution < 1.29 is 13.6 Å². The third-order valence-corrected chi connectivity index (χ3v) is 6.28. The topological polar surface area (TPSA) is 88.9 Å². The lowest BCUT2D eigenvalue weighted by atomic mass is 9.60. The van der Waals surface area contributed by atoms with Gasteiger partial charge in [0, 0.05) is 37.8 Å². The molecular weight excluding hydrogens is 390 g/mol. The molecule has 3 aromatic rings. The lowest BCUT2D eigenvalue weighted by molar-refractivity contribution is -0.0544. The Morgan fingerprint density at radius 1 is 1.30 bits per heavy atom. The summed E-state index contributed by atoms with van der Waals surface area (Å²) < 4.78 is 28.3. The van der Waals surface area contributed by atoms with Gasteiger partial charge >= 0.3 is 0 Å². The first-order valence-electron chi connectivity index (χ1n) is 9.60. The molecule has 1 saturated heterocycles. The molecule has 1 amide bonds. The average molecular weight is 408 g/mol. The van der Waals surface area contributed by atoms with E-state index in [9.17, 15) is 13.6 Å². The average Bonchev–Trinajstić information content (AvgIpc) is 3.13. The van der Waals surface area contributed by atoms with Crippen LogP contribution in [0.2, 0.25) is 0 Å². The Hall–Kier alpha value is -3.54. The predicted molar refractivity (Wildman–Crippen MR) is 105 cm³/mol. The van der Waals surface area contributed by atoms with Gasteiger partial charge < -0.3 is 14.8 Å². The molecule has 30 heavy (non-hydrogen) atoms. The third kappa shape index (κ3) is 2.71. The Bertz CT molecular complexity index is 1180. The summed E-state index contributed by atoms with van der Waals surface area (Å²) in [5, 5.41) is 9.75. The van der Waals surface area contributed by atoms with Gasteiger partial charge in [-0.15, -0.1) is 0 Å². The maximum absolute atomic E-state index is 14.2. The van der Waals surface area contributed by atoms with E-state index in [1.165, 1.54) is 11.2 Å². The molecule has 3 heterocycles. The number of aromatic nitrogens is 3. The van der Waals surface area contributed by atoms with Crippen LogP contribution in [-0.2, 0) is 0 Å². The van der Waals surface area contributed by atoms with Crippen LogP contribution in [-0.4, -0.2) is 51.9 Å². The molecule has 0 atom stereocenters. The molecule has 0 bridgehead atoms. The highest BCUT2D eigenvalue weighted by Crippen LogP contribution is 2.51. The van der Waals surface area contributed by atoms with Crippen molar-refractivity contribution in [1.29, 1.82) is 5.26 Å². The van der Waals surface area contributed by atoms with Gasteiger partial charge in [-0.25, -0.2) is 18.7 Å². The van der Waals surface area contributed by atoms with E-state index in [1.807, 2.05) is 19.3 Å². The number of nitriles is 1. The molecular formula is C21H18F2N6O. The SMILES string of the molecule is CN(c1ncnc2[nH]ccc12)C1CC2(C1)CN(C(=O)c1c(F)cc(C#N)cc1F)C2. The van der Waals surface area contributed by atoms with Crippen LogP contribution in [0.4, 0.5) is 14.6 Å². The van der Waals surface area contributed by atoms with Gasteiger partial charge in [0.1, 0.15) is 35.0 Å². The highest BCUT2D eigenvalue weighted by Gasteiger charge is 2.55. The van der Waals surface area contributed by atoms with E-state index < -0.39 is 23.1 Å². The molecule has 9 heteroatoms. The van der Waals surface area contributed by atoms with E-state index >= 15 is 0 Å². The van der Waals surface area contributed by atoms with Crippen LogP contribution in [0.25, 0.3) is 11.0 Å². The van der Waals surface area contributed by atoms with Gasteiger partial charge in [-0.3, -0.25) is 4.79 Å². The zero-order valence-electron chi connectivity index (χ0n) is 16.2. The van der Waals surface area contributed by atoms with E-state index in [1.54, 1.807) is 6.07 Å². The number of aromatic amines is 1. The lowest BCUT2D eigenvalue weighted by Crippen LogP contribution is -2.67. The smallest absolute Gasteiger partial charge is 0.259 e. The molecule has 2 aromatic heterocycles. The first-order chi connectivity index (χ1) is 14.4. The maximum atomic E-state index is 14.2. The standard InChI is InChI=1S/C21H18F2N6O/c1-28(19-14-2-3-25-18(14)26-11-27-19)13-6-21(7-13)9-29(10-21)20(30)17-15(22)4-12(8-24)5-16(17)23/h2-5,11,13H,6-7,9-10H2,1H3,(H,25,26,27). The Morgan fingerprint density at radius 2 is 2.00 bits per heavy atom. The second kappa shape index (κ2) is 6.49. The number of likely N-dealkylation sites (tertiary alicyclic amines) is 1. The van der Waals surface area contributed by atoms with Crippen molar-refractivity contribution in [3.05, 3.63) is 53.5 Å². The summed E-state index contributed by atoms with van der Waals surface area (Å²) in [6, 6.07) is 5.69. The number of carbonyl (C=O) groups excluding carboxylic acids is 1. The molecule has 1 aliphatic heterocycles. The molecule has 152 valence electrons. The number of H-pyrrole nitrogens is 1. The summed E-state index contributed by atoms with van der Waals surface area (Å²) in [5.41, 5.74) is 0.0338.